The van der Waals surface area contributed by atoms with Gasteiger partial charge in [0.05, 0.1) is 18.5 Å². The summed E-state index contributed by atoms with van der Waals surface area (Å²) in [6.45, 7) is 15.4. The van der Waals surface area contributed by atoms with Crippen LogP contribution in [0.4, 0.5) is 5.82 Å². The zero-order valence-electron chi connectivity index (χ0n) is 25.3. The summed E-state index contributed by atoms with van der Waals surface area (Å²) in [5.41, 5.74) is 1.50. The Hall–Kier alpha value is -3.73. The summed E-state index contributed by atoms with van der Waals surface area (Å²) in [5, 5.41) is 0.0179. The number of carbonyl (C=O) groups excluding carboxylic acids is 2. The van der Waals surface area contributed by atoms with Crippen LogP contribution < -0.4 is 4.90 Å². The molecule has 3 heterocycles. The fourth-order valence-corrected chi connectivity index (χ4v) is 6.48. The summed E-state index contributed by atoms with van der Waals surface area (Å²) in [6, 6.07) is 17.4. The zero-order valence-corrected chi connectivity index (χ0v) is 26.3. The van der Waals surface area contributed by atoms with Crippen molar-refractivity contribution in [2.75, 3.05) is 4.90 Å². The number of imide groups is 1. The number of anilines is 1. The third kappa shape index (κ3) is 5.42. The van der Waals surface area contributed by atoms with Gasteiger partial charge in [0, 0.05) is 17.0 Å². The van der Waals surface area contributed by atoms with Gasteiger partial charge >= 0.3 is 0 Å². The Morgan fingerprint density at radius 3 is 2.05 bits per heavy atom. The van der Waals surface area contributed by atoms with Crippen LogP contribution in [0.3, 0.4) is 0 Å². The molecule has 220 valence electrons. The van der Waals surface area contributed by atoms with Crippen molar-refractivity contribution in [3.05, 3.63) is 84.4 Å². The number of hydrogen-bond acceptors (Lipinski definition) is 7. The number of fused-ring (bicyclic) bond motifs is 1. The SMILES string of the molecule is CC[C@H]1O[C@@H](n2cnc3c(N(C(=O)c4ccccc4)C(=O)c4ccccc4)ncnc32)[C@@H](O[Si](C)(C)C(C)(C)C)C1C. The molecule has 4 aromatic rings. The molecular weight excluding hydrogens is 546 g/mol. The van der Waals surface area contributed by atoms with Gasteiger partial charge in [-0.15, -0.1) is 0 Å². The average molecular weight is 586 g/mol. The molecule has 2 aromatic heterocycles. The second kappa shape index (κ2) is 11.5. The van der Waals surface area contributed by atoms with E-state index in [-0.39, 0.29) is 29.0 Å². The number of nitrogens with zero attached hydrogens (tertiary/aromatic N) is 5. The quantitative estimate of drug-likeness (QED) is 0.177. The lowest BCUT2D eigenvalue weighted by atomic mass is 9.99. The van der Waals surface area contributed by atoms with Gasteiger partial charge in [0.2, 0.25) is 0 Å². The largest absolute Gasteiger partial charge is 0.409 e. The Labute approximate surface area is 248 Å². The predicted molar refractivity (Wildman–Crippen MR) is 165 cm³/mol. The molecule has 0 saturated carbocycles. The monoisotopic (exact) mass is 585 g/mol. The first kappa shape index (κ1) is 29.7. The van der Waals surface area contributed by atoms with Crippen LogP contribution in [0, 0.1) is 5.92 Å². The fraction of sp³-hybridized carbons (Fsp3) is 0.406. The van der Waals surface area contributed by atoms with Crippen molar-refractivity contribution >= 4 is 37.1 Å². The van der Waals surface area contributed by atoms with Crippen LogP contribution in [0.25, 0.3) is 11.2 Å². The van der Waals surface area contributed by atoms with Gasteiger partial charge in [0.1, 0.15) is 6.33 Å². The van der Waals surface area contributed by atoms with Gasteiger partial charge in [0.15, 0.2) is 31.5 Å². The van der Waals surface area contributed by atoms with E-state index in [0.717, 1.165) is 11.3 Å². The van der Waals surface area contributed by atoms with E-state index in [1.165, 1.54) is 6.33 Å². The van der Waals surface area contributed by atoms with Crippen molar-refractivity contribution in [3.8, 4) is 0 Å². The minimum Gasteiger partial charge on any atom is -0.409 e. The standard InChI is InChI=1S/C32H39N5O4Si/c1-8-24-21(2)26(41-42(6,7)32(3,4)5)31(40-24)36-20-35-25-27(36)33-19-34-28(25)37(29(38)22-15-11-9-12-16-22)30(39)23-17-13-10-14-18-23/h9-21,24,26,31H,8H2,1-7H3/t21?,24-,26+,31-/m1/s1. The van der Waals surface area contributed by atoms with Crippen molar-refractivity contribution in [1.82, 2.24) is 19.5 Å². The Kier molecular flexibility index (Phi) is 8.15. The maximum atomic E-state index is 13.9. The first-order valence-corrected chi connectivity index (χ1v) is 17.3. The molecule has 0 spiro atoms. The number of carbonyl (C=O) groups is 2. The van der Waals surface area contributed by atoms with Crippen molar-refractivity contribution in [3.63, 3.8) is 0 Å². The predicted octanol–water partition coefficient (Wildman–Crippen LogP) is 6.65. The molecule has 0 aliphatic carbocycles. The van der Waals surface area contributed by atoms with E-state index in [0.29, 0.717) is 22.3 Å². The molecular formula is C32H39N5O4Si. The van der Waals surface area contributed by atoms with E-state index in [1.807, 2.05) is 16.7 Å². The van der Waals surface area contributed by atoms with Gasteiger partial charge in [0.25, 0.3) is 11.8 Å². The number of rotatable bonds is 7. The van der Waals surface area contributed by atoms with Gasteiger partial charge in [-0.3, -0.25) is 14.2 Å². The number of amides is 2. The van der Waals surface area contributed by atoms with E-state index in [9.17, 15) is 9.59 Å². The van der Waals surface area contributed by atoms with Crippen LogP contribution in [0.1, 0.15) is 68.0 Å². The van der Waals surface area contributed by atoms with E-state index in [1.54, 1.807) is 54.9 Å². The summed E-state index contributed by atoms with van der Waals surface area (Å²) in [5.74, 6) is -0.755. The third-order valence-electron chi connectivity index (χ3n) is 8.61. The highest BCUT2D eigenvalue weighted by molar-refractivity contribution is 6.74. The molecule has 1 aliphatic heterocycles. The molecule has 10 heteroatoms. The van der Waals surface area contributed by atoms with E-state index in [4.69, 9.17) is 9.16 Å². The lowest BCUT2D eigenvalue weighted by molar-refractivity contribution is -0.0321. The van der Waals surface area contributed by atoms with E-state index < -0.39 is 26.4 Å². The smallest absolute Gasteiger partial charge is 0.266 e. The highest BCUT2D eigenvalue weighted by Gasteiger charge is 2.49. The summed E-state index contributed by atoms with van der Waals surface area (Å²) in [7, 11) is -2.15. The molecule has 4 atom stereocenters. The van der Waals surface area contributed by atoms with Gasteiger partial charge in [-0.25, -0.2) is 19.9 Å². The molecule has 2 amide bonds. The molecule has 9 nitrogen and oxygen atoms in total. The molecule has 1 fully saturated rings. The van der Waals surface area contributed by atoms with Gasteiger partial charge in [-0.1, -0.05) is 71.0 Å². The zero-order chi connectivity index (χ0) is 30.2. The van der Waals surface area contributed by atoms with Crippen molar-refractivity contribution < 1.29 is 18.8 Å². The van der Waals surface area contributed by atoms with Crippen molar-refractivity contribution in [2.24, 2.45) is 5.92 Å². The number of imidazole rings is 1. The van der Waals surface area contributed by atoms with Crippen molar-refractivity contribution in [2.45, 2.75) is 77.6 Å². The minimum atomic E-state index is -2.15. The minimum absolute atomic E-state index is 0.000610. The van der Waals surface area contributed by atoms with Gasteiger partial charge in [-0.05, 0) is 48.8 Å². The Bertz CT molecular complexity index is 1520. The molecule has 0 N–H and O–H groups in total. The van der Waals surface area contributed by atoms with Gasteiger partial charge in [-0.2, -0.15) is 0 Å². The molecule has 1 unspecified atom stereocenters. The molecule has 1 aliphatic rings. The number of ether oxygens (including phenoxy) is 1. The Morgan fingerprint density at radius 1 is 0.952 bits per heavy atom. The summed E-state index contributed by atoms with van der Waals surface area (Å²) >= 11 is 0. The number of hydrogen-bond donors (Lipinski definition) is 0. The topological polar surface area (TPSA) is 99.4 Å². The molecule has 42 heavy (non-hydrogen) atoms. The molecule has 1 saturated heterocycles. The van der Waals surface area contributed by atoms with Crippen molar-refractivity contribution in [1.29, 1.82) is 0 Å². The molecule has 5 rings (SSSR count). The normalized spacial score (nSPS) is 21.0. The van der Waals surface area contributed by atoms with Crippen LogP contribution in [0.5, 0.6) is 0 Å². The highest BCUT2D eigenvalue weighted by atomic mass is 28.4. The maximum absolute atomic E-state index is 13.9. The second-order valence-electron chi connectivity index (χ2n) is 12.4. The fourth-order valence-electron chi connectivity index (χ4n) is 5.12. The summed E-state index contributed by atoms with van der Waals surface area (Å²) in [6.07, 6.45) is 3.15. The summed E-state index contributed by atoms with van der Waals surface area (Å²) in [4.78, 5) is 42.5. The van der Waals surface area contributed by atoms with E-state index in [2.05, 4.69) is 62.7 Å². The van der Waals surface area contributed by atoms with Crippen LogP contribution >= 0.6 is 0 Å². The van der Waals surface area contributed by atoms with E-state index >= 15 is 0 Å². The molecule has 0 bridgehead atoms. The first-order valence-electron chi connectivity index (χ1n) is 14.4. The van der Waals surface area contributed by atoms with Crippen LogP contribution in [0.15, 0.2) is 73.3 Å². The summed E-state index contributed by atoms with van der Waals surface area (Å²) < 4.78 is 15.4. The van der Waals surface area contributed by atoms with Crippen LogP contribution in [-0.2, 0) is 9.16 Å². The maximum Gasteiger partial charge on any atom is 0.266 e. The molecule has 0 radical (unpaired) electrons. The second-order valence-corrected chi connectivity index (χ2v) is 17.1. The third-order valence-corrected chi connectivity index (χ3v) is 13.1. The average Bonchev–Trinajstić information content (AvgIpc) is 3.54. The number of benzene rings is 2. The van der Waals surface area contributed by atoms with Gasteiger partial charge < -0.3 is 9.16 Å². The highest BCUT2D eigenvalue weighted by Crippen LogP contribution is 2.45. The lowest BCUT2D eigenvalue weighted by Gasteiger charge is -2.40. The Balaban J connectivity index is 1.61. The lowest BCUT2D eigenvalue weighted by Crippen LogP contribution is -2.46. The number of aromatic nitrogens is 4. The van der Waals surface area contributed by atoms with Crippen LogP contribution in [0.2, 0.25) is 18.1 Å². The Morgan fingerprint density at radius 2 is 1.52 bits per heavy atom. The first-order chi connectivity index (χ1) is 19.9. The van der Waals surface area contributed by atoms with Crippen LogP contribution in [-0.4, -0.2) is 51.9 Å². The molecule has 2 aromatic carbocycles.